The van der Waals surface area contributed by atoms with Gasteiger partial charge in [0.1, 0.15) is 12.4 Å². The molecule has 0 unspecified atom stereocenters. The first-order chi connectivity index (χ1) is 9.09. The lowest BCUT2D eigenvalue weighted by Crippen LogP contribution is -2.17. The van der Waals surface area contributed by atoms with Crippen molar-refractivity contribution in [2.45, 2.75) is 26.8 Å². The van der Waals surface area contributed by atoms with Gasteiger partial charge in [0, 0.05) is 17.9 Å². The van der Waals surface area contributed by atoms with Crippen LogP contribution in [0.3, 0.4) is 0 Å². The maximum atomic E-state index is 11.4. The Hall–Kier alpha value is -1.07. The second-order valence-corrected chi connectivity index (χ2v) is 6.84. The van der Waals surface area contributed by atoms with Gasteiger partial charge < -0.3 is 10.1 Å². The van der Waals surface area contributed by atoms with Crippen molar-refractivity contribution in [3.8, 4) is 5.75 Å². The first-order valence-corrected chi connectivity index (χ1v) is 8.53. The van der Waals surface area contributed by atoms with Gasteiger partial charge in [-0.3, -0.25) is 0 Å². The number of sulfone groups is 1. The molecule has 0 bridgehead atoms. The van der Waals surface area contributed by atoms with E-state index in [1.165, 1.54) is 0 Å². The van der Waals surface area contributed by atoms with Gasteiger partial charge in [0.2, 0.25) is 0 Å². The Kier molecular flexibility index (Phi) is 6.87. The number of hydrogen-bond donors (Lipinski definition) is 1. The summed E-state index contributed by atoms with van der Waals surface area (Å²) in [6.45, 7) is 5.67. The molecule has 0 amide bonds. The molecule has 0 saturated carbocycles. The van der Waals surface area contributed by atoms with Crippen molar-refractivity contribution < 1.29 is 13.2 Å². The quantitative estimate of drug-likeness (QED) is 0.705. The molecule has 1 rings (SSSR count). The summed E-state index contributed by atoms with van der Waals surface area (Å²) in [4.78, 5) is 0. The van der Waals surface area contributed by atoms with Gasteiger partial charge in [-0.25, -0.2) is 8.42 Å². The van der Waals surface area contributed by atoms with Gasteiger partial charge in [0.25, 0.3) is 0 Å². The molecule has 0 saturated heterocycles. The highest BCUT2D eigenvalue weighted by Crippen LogP contribution is 2.17. The first kappa shape index (κ1) is 16.0. The Bertz CT molecular complexity index is 471. The summed E-state index contributed by atoms with van der Waals surface area (Å²) in [5.74, 6) is 0.994. The standard InChI is InChI=1S/C14H23NO3S/c1-3-9-15-12-13-7-5-6-8-14(13)18-10-11-19(16,17)4-2/h5-8,15H,3-4,9-12H2,1-2H3. The predicted octanol–water partition coefficient (Wildman–Crippen LogP) is 2.00. The van der Waals surface area contributed by atoms with Gasteiger partial charge in [-0.15, -0.1) is 0 Å². The van der Waals surface area contributed by atoms with Crippen LogP contribution in [0.15, 0.2) is 24.3 Å². The van der Waals surface area contributed by atoms with Crippen LogP contribution in [-0.4, -0.2) is 33.1 Å². The average molecular weight is 285 g/mol. The molecule has 1 aromatic rings. The van der Waals surface area contributed by atoms with Gasteiger partial charge in [-0.05, 0) is 19.0 Å². The summed E-state index contributed by atoms with van der Waals surface area (Å²) in [5.41, 5.74) is 1.06. The van der Waals surface area contributed by atoms with Crippen LogP contribution in [0.2, 0.25) is 0 Å². The minimum absolute atomic E-state index is 0.0697. The Morgan fingerprint density at radius 3 is 2.63 bits per heavy atom. The van der Waals surface area contributed by atoms with Crippen molar-refractivity contribution in [1.82, 2.24) is 5.32 Å². The number of ether oxygens (including phenoxy) is 1. The Morgan fingerprint density at radius 1 is 1.21 bits per heavy atom. The lowest BCUT2D eigenvalue weighted by molar-refractivity contribution is 0.336. The monoisotopic (exact) mass is 285 g/mol. The van der Waals surface area contributed by atoms with Crippen molar-refractivity contribution in [1.29, 1.82) is 0 Å². The largest absolute Gasteiger partial charge is 0.492 e. The molecule has 0 fully saturated rings. The molecule has 19 heavy (non-hydrogen) atoms. The van der Waals surface area contributed by atoms with Crippen LogP contribution in [0.4, 0.5) is 0 Å². The van der Waals surface area contributed by atoms with Crippen LogP contribution in [-0.2, 0) is 16.4 Å². The molecular formula is C14H23NO3S. The second kappa shape index (κ2) is 8.17. The van der Waals surface area contributed by atoms with Crippen LogP contribution in [0.1, 0.15) is 25.8 Å². The zero-order chi connectivity index (χ0) is 14.1. The number of para-hydroxylation sites is 1. The van der Waals surface area contributed by atoms with E-state index in [1.807, 2.05) is 24.3 Å². The molecule has 0 atom stereocenters. The van der Waals surface area contributed by atoms with E-state index < -0.39 is 9.84 Å². The zero-order valence-corrected chi connectivity index (χ0v) is 12.5. The summed E-state index contributed by atoms with van der Waals surface area (Å²) in [7, 11) is -2.96. The highest BCUT2D eigenvalue weighted by Gasteiger charge is 2.08. The Labute approximate surface area is 116 Å². The van der Waals surface area contributed by atoms with E-state index in [9.17, 15) is 8.42 Å². The van der Waals surface area contributed by atoms with Gasteiger partial charge in [-0.1, -0.05) is 32.0 Å². The van der Waals surface area contributed by atoms with Crippen molar-refractivity contribution >= 4 is 9.84 Å². The van der Waals surface area contributed by atoms with Crippen LogP contribution in [0.25, 0.3) is 0 Å². The zero-order valence-electron chi connectivity index (χ0n) is 11.7. The van der Waals surface area contributed by atoms with Gasteiger partial charge in [0.05, 0.1) is 5.75 Å². The van der Waals surface area contributed by atoms with Crippen molar-refractivity contribution in [3.05, 3.63) is 29.8 Å². The van der Waals surface area contributed by atoms with Crippen LogP contribution < -0.4 is 10.1 Å². The SMILES string of the molecule is CCCNCc1ccccc1OCCS(=O)(=O)CC. The van der Waals surface area contributed by atoms with E-state index in [4.69, 9.17) is 4.74 Å². The summed E-state index contributed by atoms with van der Waals surface area (Å²) in [6.07, 6.45) is 1.08. The number of benzene rings is 1. The third kappa shape index (κ3) is 6.07. The van der Waals surface area contributed by atoms with E-state index in [1.54, 1.807) is 6.92 Å². The van der Waals surface area contributed by atoms with Gasteiger partial charge in [-0.2, -0.15) is 0 Å². The fourth-order valence-corrected chi connectivity index (χ4v) is 2.24. The molecular weight excluding hydrogens is 262 g/mol. The topological polar surface area (TPSA) is 55.4 Å². The first-order valence-electron chi connectivity index (χ1n) is 6.71. The normalized spacial score (nSPS) is 11.5. The number of rotatable bonds is 9. The molecule has 1 N–H and O–H groups in total. The van der Waals surface area contributed by atoms with Crippen molar-refractivity contribution in [3.63, 3.8) is 0 Å². The van der Waals surface area contributed by atoms with Gasteiger partial charge in [0.15, 0.2) is 9.84 Å². The van der Waals surface area contributed by atoms with Crippen molar-refractivity contribution in [2.24, 2.45) is 0 Å². The van der Waals surface area contributed by atoms with E-state index in [0.717, 1.165) is 30.8 Å². The molecule has 0 aliphatic rings. The lowest BCUT2D eigenvalue weighted by atomic mass is 10.2. The second-order valence-electron chi connectivity index (χ2n) is 4.37. The summed E-state index contributed by atoms with van der Waals surface area (Å²) in [5, 5.41) is 3.31. The van der Waals surface area contributed by atoms with E-state index in [-0.39, 0.29) is 18.1 Å². The van der Waals surface area contributed by atoms with E-state index in [2.05, 4.69) is 12.2 Å². The fourth-order valence-electron chi connectivity index (χ4n) is 1.61. The molecule has 0 heterocycles. The minimum Gasteiger partial charge on any atom is -0.492 e. The molecule has 0 aromatic heterocycles. The molecule has 0 radical (unpaired) electrons. The lowest BCUT2D eigenvalue weighted by Gasteiger charge is -2.12. The average Bonchev–Trinajstić information content (AvgIpc) is 2.41. The maximum Gasteiger partial charge on any atom is 0.153 e. The Balaban J connectivity index is 2.53. The third-order valence-corrected chi connectivity index (χ3v) is 4.47. The maximum absolute atomic E-state index is 11.4. The summed E-state index contributed by atoms with van der Waals surface area (Å²) >= 11 is 0. The smallest absolute Gasteiger partial charge is 0.153 e. The highest BCUT2D eigenvalue weighted by atomic mass is 32.2. The number of hydrogen-bond acceptors (Lipinski definition) is 4. The van der Waals surface area contributed by atoms with Crippen LogP contribution in [0.5, 0.6) is 5.75 Å². The third-order valence-electron chi connectivity index (χ3n) is 2.81. The molecule has 1 aromatic carbocycles. The van der Waals surface area contributed by atoms with Crippen molar-refractivity contribution in [2.75, 3.05) is 24.7 Å². The van der Waals surface area contributed by atoms with Gasteiger partial charge >= 0.3 is 0 Å². The molecule has 108 valence electrons. The molecule has 0 aliphatic heterocycles. The minimum atomic E-state index is -2.96. The predicted molar refractivity (Wildman–Crippen MR) is 78.3 cm³/mol. The van der Waals surface area contributed by atoms with E-state index in [0.29, 0.717) is 0 Å². The van der Waals surface area contributed by atoms with E-state index >= 15 is 0 Å². The molecule has 0 aliphatic carbocycles. The molecule has 4 nitrogen and oxygen atoms in total. The van der Waals surface area contributed by atoms with Crippen LogP contribution >= 0.6 is 0 Å². The van der Waals surface area contributed by atoms with Crippen LogP contribution in [0, 0.1) is 0 Å². The summed E-state index contributed by atoms with van der Waals surface area (Å²) in [6, 6.07) is 7.72. The highest BCUT2D eigenvalue weighted by molar-refractivity contribution is 7.91. The molecule has 0 spiro atoms. The fraction of sp³-hybridized carbons (Fsp3) is 0.571. The Morgan fingerprint density at radius 2 is 1.95 bits per heavy atom. The number of nitrogens with one attached hydrogen (secondary N) is 1. The summed E-state index contributed by atoms with van der Waals surface area (Å²) < 4.78 is 28.4. The molecule has 5 heteroatoms.